The first-order valence-electron chi connectivity index (χ1n) is 7.86. The average Bonchev–Trinajstić information content (AvgIpc) is 3.25. The van der Waals surface area contributed by atoms with Crippen LogP contribution < -0.4 is 11.1 Å². The van der Waals surface area contributed by atoms with Crippen LogP contribution in [0.2, 0.25) is 0 Å². The van der Waals surface area contributed by atoms with Crippen LogP contribution in [0.3, 0.4) is 0 Å². The molecule has 2 rings (SSSR count). The van der Waals surface area contributed by atoms with Gasteiger partial charge in [-0.2, -0.15) is 13.2 Å². The Labute approximate surface area is 146 Å². The molecule has 3 N–H and O–H groups in total. The number of nitrogens with one attached hydrogen (secondary N) is 1. The van der Waals surface area contributed by atoms with Gasteiger partial charge in [-0.3, -0.25) is 4.79 Å². The van der Waals surface area contributed by atoms with Crippen LogP contribution in [0.5, 0.6) is 0 Å². The molecule has 24 heavy (non-hydrogen) atoms. The lowest BCUT2D eigenvalue weighted by molar-refractivity contribution is -0.137. The number of carbonyl (C=O) groups is 1. The van der Waals surface area contributed by atoms with Crippen molar-refractivity contribution in [1.29, 1.82) is 0 Å². The van der Waals surface area contributed by atoms with E-state index in [4.69, 9.17) is 5.73 Å². The van der Waals surface area contributed by atoms with Crippen molar-refractivity contribution in [3.8, 4) is 0 Å². The third-order valence-electron chi connectivity index (χ3n) is 4.53. The van der Waals surface area contributed by atoms with Gasteiger partial charge in [0.25, 0.3) is 0 Å². The SMILES string of the molecule is CCCC(C)(N)C(=O)NCC1(c2cccc(C(F)(F)F)c2)CC1.Cl. The number of benzene rings is 1. The quantitative estimate of drug-likeness (QED) is 0.806. The maximum atomic E-state index is 12.8. The minimum absolute atomic E-state index is 0. The van der Waals surface area contributed by atoms with Crippen LogP contribution in [0.4, 0.5) is 13.2 Å². The highest BCUT2D eigenvalue weighted by molar-refractivity contribution is 5.85. The lowest BCUT2D eigenvalue weighted by atomic mass is 9.92. The number of hydrogen-bond donors (Lipinski definition) is 2. The molecule has 0 bridgehead atoms. The number of rotatable bonds is 6. The second-order valence-corrected chi connectivity index (χ2v) is 6.71. The molecule has 136 valence electrons. The molecule has 3 nitrogen and oxygen atoms in total. The zero-order chi connectivity index (χ0) is 17.3. The summed E-state index contributed by atoms with van der Waals surface area (Å²) < 4.78 is 38.5. The second-order valence-electron chi connectivity index (χ2n) is 6.71. The molecule has 1 saturated carbocycles. The molecule has 1 aromatic rings. The maximum absolute atomic E-state index is 12.8. The molecule has 1 aliphatic rings. The molecule has 7 heteroatoms. The standard InChI is InChI=1S/C17H23F3N2O.ClH/c1-3-7-15(2,21)14(23)22-11-16(8-9-16)12-5-4-6-13(10-12)17(18,19)20;/h4-6,10H,3,7-9,11,21H2,1-2H3,(H,22,23);1H. The van der Waals surface area contributed by atoms with E-state index in [2.05, 4.69) is 5.32 Å². The van der Waals surface area contributed by atoms with Gasteiger partial charge in [-0.1, -0.05) is 31.5 Å². The highest BCUT2D eigenvalue weighted by atomic mass is 35.5. The molecule has 1 aromatic carbocycles. The molecule has 0 radical (unpaired) electrons. The molecular weight excluding hydrogens is 341 g/mol. The third-order valence-corrected chi connectivity index (χ3v) is 4.53. The maximum Gasteiger partial charge on any atom is 0.416 e. The van der Waals surface area contributed by atoms with E-state index in [1.54, 1.807) is 13.0 Å². The Kier molecular flexibility index (Phi) is 6.33. The van der Waals surface area contributed by atoms with Gasteiger partial charge >= 0.3 is 6.18 Å². The van der Waals surface area contributed by atoms with Crippen molar-refractivity contribution in [3.63, 3.8) is 0 Å². The van der Waals surface area contributed by atoms with E-state index >= 15 is 0 Å². The van der Waals surface area contributed by atoms with Gasteiger partial charge in [-0.25, -0.2) is 0 Å². The lowest BCUT2D eigenvalue weighted by Gasteiger charge is -2.25. The number of hydrogen-bond acceptors (Lipinski definition) is 2. The zero-order valence-corrected chi connectivity index (χ0v) is 14.7. The Bertz CT molecular complexity index is 583. The van der Waals surface area contributed by atoms with Gasteiger partial charge in [0.1, 0.15) is 0 Å². The van der Waals surface area contributed by atoms with Crippen molar-refractivity contribution in [2.24, 2.45) is 5.73 Å². The first-order valence-corrected chi connectivity index (χ1v) is 7.86. The van der Waals surface area contributed by atoms with Gasteiger partial charge in [0, 0.05) is 12.0 Å². The number of amides is 1. The summed E-state index contributed by atoms with van der Waals surface area (Å²) in [6, 6.07) is 5.37. The molecule has 1 amide bonds. The number of halogens is 4. The zero-order valence-electron chi connectivity index (χ0n) is 13.9. The van der Waals surface area contributed by atoms with Gasteiger partial charge in [-0.15, -0.1) is 12.4 Å². The van der Waals surface area contributed by atoms with Crippen molar-refractivity contribution in [1.82, 2.24) is 5.32 Å². The molecule has 1 aliphatic carbocycles. The molecule has 0 aliphatic heterocycles. The van der Waals surface area contributed by atoms with E-state index in [-0.39, 0.29) is 23.7 Å². The van der Waals surface area contributed by atoms with E-state index < -0.39 is 17.3 Å². The van der Waals surface area contributed by atoms with Crippen LogP contribution in [-0.4, -0.2) is 18.0 Å². The fourth-order valence-corrected chi connectivity index (χ4v) is 2.83. The summed E-state index contributed by atoms with van der Waals surface area (Å²) in [5.41, 5.74) is 4.62. The van der Waals surface area contributed by atoms with Crippen molar-refractivity contribution in [3.05, 3.63) is 35.4 Å². The van der Waals surface area contributed by atoms with E-state index in [1.165, 1.54) is 12.1 Å². The first-order chi connectivity index (χ1) is 10.6. The average molecular weight is 365 g/mol. The molecule has 1 unspecified atom stereocenters. The summed E-state index contributed by atoms with van der Waals surface area (Å²) in [6.45, 7) is 3.95. The van der Waals surface area contributed by atoms with Crippen molar-refractivity contribution in [2.45, 2.75) is 56.7 Å². The smallest absolute Gasteiger partial charge is 0.354 e. The summed E-state index contributed by atoms with van der Waals surface area (Å²) in [4.78, 5) is 12.2. The largest absolute Gasteiger partial charge is 0.416 e. The van der Waals surface area contributed by atoms with Gasteiger partial charge < -0.3 is 11.1 Å². The third kappa shape index (κ3) is 4.63. The predicted molar refractivity (Wildman–Crippen MR) is 90.1 cm³/mol. The lowest BCUT2D eigenvalue weighted by Crippen LogP contribution is -2.52. The van der Waals surface area contributed by atoms with Gasteiger partial charge in [0.15, 0.2) is 0 Å². The van der Waals surface area contributed by atoms with Crippen LogP contribution in [0.1, 0.15) is 50.7 Å². The van der Waals surface area contributed by atoms with Crippen LogP contribution in [-0.2, 0) is 16.4 Å². The summed E-state index contributed by atoms with van der Waals surface area (Å²) in [5, 5.41) is 2.82. The monoisotopic (exact) mass is 364 g/mol. The number of nitrogens with two attached hydrogens (primary N) is 1. The van der Waals surface area contributed by atoms with Crippen LogP contribution in [0, 0.1) is 0 Å². The van der Waals surface area contributed by atoms with E-state index in [0.717, 1.165) is 25.3 Å². The summed E-state index contributed by atoms with van der Waals surface area (Å²) in [5.74, 6) is -0.252. The fraction of sp³-hybridized carbons (Fsp3) is 0.588. The summed E-state index contributed by atoms with van der Waals surface area (Å²) >= 11 is 0. The highest BCUT2D eigenvalue weighted by Crippen LogP contribution is 2.48. The van der Waals surface area contributed by atoms with Crippen LogP contribution in [0.15, 0.2) is 24.3 Å². The molecule has 0 heterocycles. The molecular formula is C17H24ClF3N2O. The van der Waals surface area contributed by atoms with Crippen molar-refractivity contribution in [2.75, 3.05) is 6.54 Å². The summed E-state index contributed by atoms with van der Waals surface area (Å²) in [7, 11) is 0. The topological polar surface area (TPSA) is 55.1 Å². The Morgan fingerprint density at radius 3 is 2.46 bits per heavy atom. The minimum Gasteiger partial charge on any atom is -0.354 e. The van der Waals surface area contributed by atoms with Gasteiger partial charge in [0.05, 0.1) is 11.1 Å². The molecule has 0 saturated heterocycles. The Morgan fingerprint density at radius 2 is 1.96 bits per heavy atom. The van der Waals surface area contributed by atoms with Gasteiger partial charge in [0.2, 0.25) is 5.91 Å². The van der Waals surface area contributed by atoms with E-state index in [1.807, 2.05) is 6.92 Å². The van der Waals surface area contributed by atoms with Crippen LogP contribution >= 0.6 is 12.4 Å². The minimum atomic E-state index is -4.35. The predicted octanol–water partition coefficient (Wildman–Crippen LogP) is 3.79. The Morgan fingerprint density at radius 1 is 1.33 bits per heavy atom. The molecule has 0 spiro atoms. The molecule has 0 aromatic heterocycles. The Hall–Kier alpha value is -1.27. The summed E-state index contributed by atoms with van der Waals surface area (Å²) in [6.07, 6.45) is -1.46. The van der Waals surface area contributed by atoms with E-state index in [0.29, 0.717) is 18.5 Å². The number of carbonyl (C=O) groups excluding carboxylic acids is 1. The van der Waals surface area contributed by atoms with Crippen LogP contribution in [0.25, 0.3) is 0 Å². The van der Waals surface area contributed by atoms with E-state index in [9.17, 15) is 18.0 Å². The second kappa shape index (κ2) is 7.31. The number of alkyl halides is 3. The normalized spacial score (nSPS) is 18.2. The fourth-order valence-electron chi connectivity index (χ4n) is 2.83. The molecule has 1 atom stereocenters. The van der Waals surface area contributed by atoms with Gasteiger partial charge in [-0.05, 0) is 37.8 Å². The first kappa shape index (κ1) is 20.8. The van der Waals surface area contributed by atoms with Crippen molar-refractivity contribution >= 4 is 18.3 Å². The highest BCUT2D eigenvalue weighted by Gasteiger charge is 2.46. The Balaban J connectivity index is 0.00000288. The van der Waals surface area contributed by atoms with Crippen molar-refractivity contribution < 1.29 is 18.0 Å². The molecule has 1 fully saturated rings.